The Morgan fingerprint density at radius 1 is 0.917 bits per heavy atom. The van der Waals surface area contributed by atoms with Crippen LogP contribution in [-0.2, 0) is 24.4 Å². The Morgan fingerprint density at radius 3 is 1.50 bits per heavy atom. The van der Waals surface area contributed by atoms with E-state index in [2.05, 4.69) is 41.5 Å². The molecule has 1 aromatic carbocycles. The summed E-state index contributed by atoms with van der Waals surface area (Å²) in [4.78, 5) is 0. The van der Waals surface area contributed by atoms with Crippen molar-refractivity contribution in [3.63, 3.8) is 0 Å². The van der Waals surface area contributed by atoms with E-state index in [-0.39, 0.29) is 10.8 Å². The Hall–Kier alpha value is -0.830. The van der Waals surface area contributed by atoms with Crippen LogP contribution in [0.15, 0.2) is 18.2 Å². The van der Waals surface area contributed by atoms with Crippen LogP contribution in [-0.4, -0.2) is 25.0 Å². The first-order valence-corrected chi connectivity index (χ1v) is 10.4. The highest BCUT2D eigenvalue weighted by atomic mass is 31.2. The van der Waals surface area contributed by atoms with E-state index in [9.17, 15) is 9.67 Å². The van der Waals surface area contributed by atoms with Crippen LogP contribution in [0.2, 0.25) is 0 Å². The molecule has 4 nitrogen and oxygen atoms in total. The number of para-hydroxylation sites is 1. The summed E-state index contributed by atoms with van der Waals surface area (Å²) < 4.78 is 20.6. The Morgan fingerprint density at radius 2 is 1.25 bits per heavy atom. The summed E-state index contributed by atoms with van der Waals surface area (Å²) in [6.07, 6.45) is 0. The van der Waals surface area contributed by atoms with E-state index < -0.39 is 7.60 Å². The van der Waals surface area contributed by atoms with Gasteiger partial charge in [0.05, 0.1) is 13.2 Å². The molecule has 0 saturated carbocycles. The Bertz CT molecular complexity index is 511. The predicted octanol–water partition coefficient (Wildman–Crippen LogP) is 5.87. The highest BCUT2D eigenvalue weighted by Gasteiger charge is 2.24. The second kappa shape index (κ2) is 9.03. The van der Waals surface area contributed by atoms with Crippen LogP contribution in [0.5, 0.6) is 5.75 Å². The number of hydrogen-bond acceptors (Lipinski definition) is 4. The van der Waals surface area contributed by atoms with Crippen LogP contribution in [0.3, 0.4) is 0 Å². The van der Waals surface area contributed by atoms with Crippen LogP contribution >= 0.6 is 7.60 Å². The number of phenols is 1. The van der Waals surface area contributed by atoms with Crippen molar-refractivity contribution in [2.75, 3.05) is 19.9 Å². The van der Waals surface area contributed by atoms with Gasteiger partial charge in [-0.2, -0.15) is 0 Å². The molecule has 0 aliphatic carbocycles. The fourth-order valence-corrected chi connectivity index (χ4v) is 3.27. The van der Waals surface area contributed by atoms with Gasteiger partial charge in [0.1, 0.15) is 5.75 Å². The van der Waals surface area contributed by atoms with E-state index in [1.54, 1.807) is 13.8 Å². The average Bonchev–Trinajstić information content (AvgIpc) is 2.36. The normalized spacial score (nSPS) is 12.5. The summed E-state index contributed by atoms with van der Waals surface area (Å²) in [6.45, 7) is 18.6. The molecule has 0 amide bonds. The second-order valence-electron chi connectivity index (χ2n) is 7.81. The summed E-state index contributed by atoms with van der Waals surface area (Å²) in [5.41, 5.74) is 2.03. The van der Waals surface area contributed by atoms with Crippen LogP contribution in [0, 0.1) is 0 Å². The minimum atomic E-state index is -2.69. The summed E-state index contributed by atoms with van der Waals surface area (Å²) in [7, 11) is -2.69. The maximum Gasteiger partial charge on any atom is 0.327 e. The first kappa shape index (κ1) is 23.2. The fraction of sp³-hybridized carbons (Fsp3) is 0.684. The van der Waals surface area contributed by atoms with Crippen molar-refractivity contribution in [2.24, 2.45) is 0 Å². The molecule has 0 spiro atoms. The van der Waals surface area contributed by atoms with Gasteiger partial charge in [0.25, 0.3) is 0 Å². The quantitative estimate of drug-likeness (QED) is 0.684. The monoisotopic (exact) mass is 358 g/mol. The van der Waals surface area contributed by atoms with Gasteiger partial charge in [0.15, 0.2) is 0 Å². The molecule has 0 aliphatic heterocycles. The summed E-state index contributed by atoms with van der Waals surface area (Å²) in [5, 5.41) is 10.3. The van der Waals surface area contributed by atoms with Gasteiger partial charge < -0.3 is 14.2 Å². The minimum absolute atomic E-state index is 0.00859. The van der Waals surface area contributed by atoms with E-state index in [1.165, 1.54) is 6.66 Å². The van der Waals surface area contributed by atoms with E-state index in [1.807, 2.05) is 18.2 Å². The molecule has 0 radical (unpaired) electrons. The maximum absolute atomic E-state index is 11.0. The number of phenolic OH excluding ortho intramolecular Hbond substituents is 1. The van der Waals surface area contributed by atoms with Gasteiger partial charge in [0.2, 0.25) is 0 Å². The van der Waals surface area contributed by atoms with Gasteiger partial charge in [-0.3, -0.25) is 4.57 Å². The minimum Gasteiger partial charge on any atom is -0.507 e. The predicted molar refractivity (Wildman–Crippen MR) is 102 cm³/mol. The molecule has 140 valence electrons. The number of benzene rings is 1. The zero-order chi connectivity index (χ0) is 19.2. The molecule has 24 heavy (non-hydrogen) atoms. The molecule has 0 fully saturated rings. The number of aromatic hydroxyl groups is 1. The smallest absolute Gasteiger partial charge is 0.327 e. The lowest BCUT2D eigenvalue weighted by molar-refractivity contribution is 0.225. The zero-order valence-electron chi connectivity index (χ0n) is 16.8. The molecule has 1 aromatic rings. The van der Waals surface area contributed by atoms with Gasteiger partial charge >= 0.3 is 7.60 Å². The molecule has 0 atom stereocenters. The lowest BCUT2D eigenvalue weighted by Crippen LogP contribution is -2.16. The van der Waals surface area contributed by atoms with Crippen molar-refractivity contribution >= 4 is 7.60 Å². The molecule has 0 aromatic heterocycles. The van der Waals surface area contributed by atoms with Crippen LogP contribution in [0.1, 0.15) is 66.5 Å². The molecule has 1 rings (SSSR count). The largest absolute Gasteiger partial charge is 0.507 e. The SMILES string of the molecule is CC(C)(C)c1cccc(C(C)(C)C)c1O.CCOP(C)(=O)OCC. The van der Waals surface area contributed by atoms with Crippen molar-refractivity contribution in [1.29, 1.82) is 0 Å². The van der Waals surface area contributed by atoms with E-state index in [0.717, 1.165) is 11.1 Å². The standard InChI is InChI=1S/C14H22O.C5H13O3P/c1-13(2,3)10-8-7-9-11(12(10)15)14(4,5)6;1-4-7-9(3,6)8-5-2/h7-9,15H,1-6H3;4-5H2,1-3H3. The molecule has 0 aliphatic rings. The first-order chi connectivity index (χ1) is 10.8. The van der Waals surface area contributed by atoms with Crippen molar-refractivity contribution in [3.05, 3.63) is 29.3 Å². The lowest BCUT2D eigenvalue weighted by Gasteiger charge is -2.26. The van der Waals surface area contributed by atoms with Crippen molar-refractivity contribution in [3.8, 4) is 5.75 Å². The molecular weight excluding hydrogens is 323 g/mol. The summed E-state index contributed by atoms with van der Waals surface area (Å²) in [5.74, 6) is 0.456. The zero-order valence-corrected chi connectivity index (χ0v) is 17.7. The number of hydrogen-bond donors (Lipinski definition) is 1. The average molecular weight is 358 g/mol. The molecule has 0 saturated heterocycles. The molecule has 5 heteroatoms. The highest BCUT2D eigenvalue weighted by molar-refractivity contribution is 7.52. The van der Waals surface area contributed by atoms with Crippen molar-refractivity contribution < 1.29 is 18.7 Å². The topological polar surface area (TPSA) is 55.8 Å². The maximum atomic E-state index is 11.0. The van der Waals surface area contributed by atoms with Gasteiger partial charge in [0, 0.05) is 6.66 Å². The van der Waals surface area contributed by atoms with Crippen molar-refractivity contribution in [2.45, 2.75) is 66.2 Å². The molecule has 1 N–H and O–H groups in total. The molecular formula is C19H35O4P. The highest BCUT2D eigenvalue weighted by Crippen LogP contribution is 2.43. The Kier molecular flexibility index (Phi) is 8.72. The van der Waals surface area contributed by atoms with E-state index in [4.69, 9.17) is 9.05 Å². The molecule has 0 unspecified atom stereocenters. The first-order valence-electron chi connectivity index (χ1n) is 8.45. The van der Waals surface area contributed by atoms with Crippen LogP contribution < -0.4 is 0 Å². The third kappa shape index (κ3) is 7.83. The van der Waals surface area contributed by atoms with Gasteiger partial charge in [-0.05, 0) is 35.8 Å². The van der Waals surface area contributed by atoms with Gasteiger partial charge in [-0.1, -0.05) is 59.7 Å². The van der Waals surface area contributed by atoms with Crippen LogP contribution in [0.4, 0.5) is 0 Å². The fourth-order valence-electron chi connectivity index (χ4n) is 2.26. The third-order valence-electron chi connectivity index (χ3n) is 3.38. The van der Waals surface area contributed by atoms with Gasteiger partial charge in [-0.25, -0.2) is 0 Å². The lowest BCUT2D eigenvalue weighted by atomic mass is 9.80. The summed E-state index contributed by atoms with van der Waals surface area (Å²) >= 11 is 0. The third-order valence-corrected chi connectivity index (χ3v) is 4.83. The number of rotatable bonds is 4. The van der Waals surface area contributed by atoms with Gasteiger partial charge in [-0.15, -0.1) is 0 Å². The van der Waals surface area contributed by atoms with E-state index in [0.29, 0.717) is 19.0 Å². The second-order valence-corrected chi connectivity index (χ2v) is 9.87. The Labute approximate surface area is 148 Å². The molecule has 0 bridgehead atoms. The Balaban J connectivity index is 0.000000506. The summed E-state index contributed by atoms with van der Waals surface area (Å²) in [6, 6.07) is 6.04. The van der Waals surface area contributed by atoms with Crippen molar-refractivity contribution in [1.82, 2.24) is 0 Å². The van der Waals surface area contributed by atoms with Crippen LogP contribution in [0.25, 0.3) is 0 Å². The molecule has 0 heterocycles. The van der Waals surface area contributed by atoms with E-state index >= 15 is 0 Å².